The largest absolute Gasteiger partial charge is 0.354 e. The highest BCUT2D eigenvalue weighted by atomic mass is 32.2. The van der Waals surface area contributed by atoms with Crippen molar-refractivity contribution in [2.45, 2.75) is 31.6 Å². The fraction of sp³-hybridized carbons (Fsp3) is 0.364. The molecule has 0 radical (unpaired) electrons. The lowest BCUT2D eigenvalue weighted by molar-refractivity contribution is -0.120. The van der Waals surface area contributed by atoms with Crippen molar-refractivity contribution in [3.05, 3.63) is 53.9 Å². The highest BCUT2D eigenvalue weighted by molar-refractivity contribution is 7.98. The minimum absolute atomic E-state index is 0.0603. The first-order valence-electron chi connectivity index (χ1n) is 10.1. The molecule has 0 spiro atoms. The molecule has 8 heteroatoms. The highest BCUT2D eigenvalue weighted by Gasteiger charge is 2.27. The number of nitrogens with one attached hydrogen (secondary N) is 1. The van der Waals surface area contributed by atoms with E-state index in [9.17, 15) is 4.79 Å². The van der Waals surface area contributed by atoms with Gasteiger partial charge in [0.2, 0.25) is 5.91 Å². The lowest BCUT2D eigenvalue weighted by Gasteiger charge is -2.32. The maximum atomic E-state index is 12.8. The van der Waals surface area contributed by atoms with Crippen molar-refractivity contribution in [3.8, 4) is 5.82 Å². The predicted octanol–water partition coefficient (Wildman–Crippen LogP) is 3.86. The monoisotopic (exact) mass is 422 g/mol. The lowest BCUT2D eigenvalue weighted by Crippen LogP contribution is -2.41. The molecule has 0 aliphatic carbocycles. The number of piperidine rings is 1. The van der Waals surface area contributed by atoms with Crippen LogP contribution in [-0.2, 0) is 4.79 Å². The van der Waals surface area contributed by atoms with Gasteiger partial charge in [0.05, 0.1) is 11.6 Å². The number of aromatic nitrogens is 4. The van der Waals surface area contributed by atoms with Crippen molar-refractivity contribution in [1.29, 1.82) is 0 Å². The van der Waals surface area contributed by atoms with Gasteiger partial charge in [0.1, 0.15) is 0 Å². The third-order valence-electron chi connectivity index (χ3n) is 5.32. The summed E-state index contributed by atoms with van der Waals surface area (Å²) in [5, 5.41) is 16.3. The van der Waals surface area contributed by atoms with Gasteiger partial charge in [-0.15, -0.1) is 22.0 Å². The van der Waals surface area contributed by atoms with Gasteiger partial charge in [-0.3, -0.25) is 4.79 Å². The normalized spacial score (nSPS) is 16.5. The summed E-state index contributed by atoms with van der Waals surface area (Å²) in [5.74, 6) is 1.48. The third-order valence-corrected chi connectivity index (χ3v) is 6.04. The Kier molecular flexibility index (Phi) is 6.03. The zero-order valence-electron chi connectivity index (χ0n) is 17.5. The van der Waals surface area contributed by atoms with Gasteiger partial charge < -0.3 is 10.2 Å². The molecule has 1 aliphatic heterocycles. The molecule has 0 bridgehead atoms. The van der Waals surface area contributed by atoms with Gasteiger partial charge in [0.25, 0.3) is 0 Å². The Morgan fingerprint density at radius 3 is 2.63 bits per heavy atom. The number of anilines is 2. The Bertz CT molecular complexity index is 1030. The molecular weight excluding hydrogens is 396 g/mol. The number of amides is 1. The average molecular weight is 423 g/mol. The second kappa shape index (κ2) is 8.87. The molecular formula is C22H26N6OS. The van der Waals surface area contributed by atoms with Crippen LogP contribution in [0.15, 0.2) is 47.4 Å². The summed E-state index contributed by atoms with van der Waals surface area (Å²) in [4.78, 5) is 16.1. The number of thioether (sulfide) groups is 1. The van der Waals surface area contributed by atoms with E-state index in [2.05, 4.69) is 25.5 Å². The van der Waals surface area contributed by atoms with Crippen LogP contribution in [0.3, 0.4) is 0 Å². The molecule has 4 rings (SSSR count). The summed E-state index contributed by atoms with van der Waals surface area (Å²) in [6, 6.07) is 13.8. The van der Waals surface area contributed by atoms with Gasteiger partial charge in [0.15, 0.2) is 11.6 Å². The molecule has 0 saturated carbocycles. The van der Waals surface area contributed by atoms with E-state index in [-0.39, 0.29) is 11.8 Å². The first-order valence-corrected chi connectivity index (χ1v) is 11.3. The maximum Gasteiger partial charge on any atom is 0.229 e. The van der Waals surface area contributed by atoms with Crippen molar-refractivity contribution in [2.24, 2.45) is 5.92 Å². The highest BCUT2D eigenvalue weighted by Crippen LogP contribution is 2.24. The molecule has 2 aromatic heterocycles. The molecule has 3 aromatic rings. The summed E-state index contributed by atoms with van der Waals surface area (Å²) in [6.07, 6.45) is 3.85. The number of hydrogen-bond acceptors (Lipinski definition) is 6. The standard InChI is InChI=1S/C22H26N6OS/c1-15-12-16(2)28(26-15)21-10-9-20(24-25-21)27-11-5-6-17(14-27)22(29)23-18-7-4-8-19(13-18)30-3/h4,7-10,12-13,17H,5-6,11,14H2,1-3H3,(H,23,29). The molecule has 1 atom stereocenters. The molecule has 7 nitrogen and oxygen atoms in total. The topological polar surface area (TPSA) is 75.9 Å². The van der Waals surface area contributed by atoms with Crippen molar-refractivity contribution in [1.82, 2.24) is 20.0 Å². The number of benzene rings is 1. The minimum Gasteiger partial charge on any atom is -0.354 e. The smallest absolute Gasteiger partial charge is 0.229 e. The molecule has 156 valence electrons. The second-order valence-electron chi connectivity index (χ2n) is 7.60. The number of rotatable bonds is 5. The summed E-state index contributed by atoms with van der Waals surface area (Å²) >= 11 is 1.66. The van der Waals surface area contributed by atoms with E-state index in [1.165, 1.54) is 0 Å². The van der Waals surface area contributed by atoms with E-state index in [0.717, 1.165) is 47.2 Å². The SMILES string of the molecule is CSc1cccc(NC(=O)C2CCCN(c3ccc(-n4nc(C)cc4C)nn3)C2)c1. The minimum atomic E-state index is -0.0748. The predicted molar refractivity (Wildman–Crippen MR) is 120 cm³/mol. The Morgan fingerprint density at radius 2 is 1.93 bits per heavy atom. The Labute approximate surface area is 180 Å². The van der Waals surface area contributed by atoms with E-state index >= 15 is 0 Å². The lowest BCUT2D eigenvalue weighted by atomic mass is 9.97. The molecule has 1 N–H and O–H groups in total. The summed E-state index contributed by atoms with van der Waals surface area (Å²) in [7, 11) is 0. The molecule has 1 amide bonds. The number of hydrogen-bond donors (Lipinski definition) is 1. The fourth-order valence-electron chi connectivity index (χ4n) is 3.81. The van der Waals surface area contributed by atoms with Crippen molar-refractivity contribution in [3.63, 3.8) is 0 Å². The summed E-state index contributed by atoms with van der Waals surface area (Å²) in [6.45, 7) is 5.47. The van der Waals surface area contributed by atoms with Crippen molar-refractivity contribution < 1.29 is 4.79 Å². The van der Waals surface area contributed by atoms with Crippen LogP contribution in [0, 0.1) is 19.8 Å². The number of carbonyl (C=O) groups is 1. The Balaban J connectivity index is 1.43. The van der Waals surface area contributed by atoms with Crippen LogP contribution >= 0.6 is 11.8 Å². The zero-order valence-corrected chi connectivity index (χ0v) is 18.3. The van der Waals surface area contributed by atoms with Gasteiger partial charge in [0, 0.05) is 29.4 Å². The van der Waals surface area contributed by atoms with E-state index in [0.29, 0.717) is 12.4 Å². The van der Waals surface area contributed by atoms with Crippen LogP contribution in [-0.4, -0.2) is 45.2 Å². The van der Waals surface area contributed by atoms with Crippen LogP contribution in [0.25, 0.3) is 5.82 Å². The van der Waals surface area contributed by atoms with Crippen LogP contribution < -0.4 is 10.2 Å². The quantitative estimate of drug-likeness (QED) is 0.630. The van der Waals surface area contributed by atoms with Gasteiger partial charge >= 0.3 is 0 Å². The van der Waals surface area contributed by atoms with Crippen LogP contribution in [0.4, 0.5) is 11.5 Å². The third kappa shape index (κ3) is 4.48. The van der Waals surface area contributed by atoms with E-state index in [4.69, 9.17) is 0 Å². The number of aryl methyl sites for hydroxylation is 2. The molecule has 30 heavy (non-hydrogen) atoms. The number of carbonyl (C=O) groups excluding carboxylic acids is 1. The van der Waals surface area contributed by atoms with Gasteiger partial charge in [-0.05, 0) is 69.3 Å². The van der Waals surface area contributed by atoms with Crippen LogP contribution in [0.5, 0.6) is 0 Å². The van der Waals surface area contributed by atoms with Gasteiger partial charge in [-0.1, -0.05) is 6.07 Å². The molecule has 1 fully saturated rings. The van der Waals surface area contributed by atoms with Gasteiger partial charge in [-0.25, -0.2) is 4.68 Å². The van der Waals surface area contributed by atoms with Crippen LogP contribution in [0.2, 0.25) is 0 Å². The van der Waals surface area contributed by atoms with Crippen molar-refractivity contribution in [2.75, 3.05) is 29.6 Å². The van der Waals surface area contributed by atoms with Gasteiger partial charge in [-0.2, -0.15) is 5.10 Å². The first kappa shape index (κ1) is 20.4. The summed E-state index contributed by atoms with van der Waals surface area (Å²) < 4.78 is 1.79. The van der Waals surface area contributed by atoms with E-state index < -0.39 is 0 Å². The fourth-order valence-corrected chi connectivity index (χ4v) is 4.26. The molecule has 3 heterocycles. The average Bonchev–Trinajstić information content (AvgIpc) is 3.12. The maximum absolute atomic E-state index is 12.8. The van der Waals surface area contributed by atoms with E-state index in [1.807, 2.05) is 62.6 Å². The number of nitrogens with zero attached hydrogens (tertiary/aromatic N) is 5. The molecule has 1 unspecified atom stereocenters. The molecule has 1 saturated heterocycles. The Morgan fingerprint density at radius 1 is 1.13 bits per heavy atom. The zero-order chi connectivity index (χ0) is 21.1. The second-order valence-corrected chi connectivity index (χ2v) is 8.47. The van der Waals surface area contributed by atoms with Crippen molar-refractivity contribution >= 4 is 29.2 Å². The molecule has 1 aromatic carbocycles. The van der Waals surface area contributed by atoms with Crippen LogP contribution in [0.1, 0.15) is 24.2 Å². The first-order chi connectivity index (χ1) is 14.5. The summed E-state index contributed by atoms with van der Waals surface area (Å²) in [5.41, 5.74) is 2.82. The molecule has 1 aliphatic rings. The Hall–Kier alpha value is -2.87. The van der Waals surface area contributed by atoms with E-state index in [1.54, 1.807) is 16.4 Å².